The van der Waals surface area contributed by atoms with Gasteiger partial charge >= 0.3 is 0 Å². The second kappa shape index (κ2) is 6.75. The lowest BCUT2D eigenvalue weighted by Crippen LogP contribution is -2.47. The van der Waals surface area contributed by atoms with E-state index >= 15 is 0 Å². The largest absolute Gasteiger partial charge is 0.394 e. The van der Waals surface area contributed by atoms with E-state index < -0.39 is 12.1 Å². The van der Waals surface area contributed by atoms with Crippen molar-refractivity contribution in [2.45, 2.75) is 32.4 Å². The number of amides is 1. The Bertz CT molecular complexity index is 175. The monoisotopic (exact) mass is 204 g/mol. The van der Waals surface area contributed by atoms with Crippen molar-refractivity contribution < 1.29 is 15.0 Å². The number of hydrogen-bond acceptors (Lipinski definition) is 4. The van der Waals surface area contributed by atoms with Gasteiger partial charge in [-0.25, -0.2) is 0 Å². The number of aliphatic hydroxyl groups excluding tert-OH is 2. The molecule has 0 fully saturated rings. The first-order chi connectivity index (χ1) is 6.52. The zero-order valence-corrected chi connectivity index (χ0v) is 8.73. The lowest BCUT2D eigenvalue weighted by molar-refractivity contribution is -0.124. The molecule has 0 rings (SSSR count). The van der Waals surface area contributed by atoms with Gasteiger partial charge in [0.2, 0.25) is 5.91 Å². The molecule has 0 aromatic heterocycles. The van der Waals surface area contributed by atoms with E-state index in [9.17, 15) is 4.79 Å². The van der Waals surface area contributed by atoms with Gasteiger partial charge in [0.15, 0.2) is 0 Å². The molecule has 1 amide bonds. The van der Waals surface area contributed by atoms with Crippen molar-refractivity contribution in [2.24, 2.45) is 11.7 Å². The van der Waals surface area contributed by atoms with E-state index in [0.29, 0.717) is 0 Å². The van der Waals surface area contributed by atoms with Crippen LogP contribution in [0.25, 0.3) is 0 Å². The highest BCUT2D eigenvalue weighted by molar-refractivity contribution is 5.81. The highest BCUT2D eigenvalue weighted by Crippen LogP contribution is 2.04. The Morgan fingerprint density at radius 2 is 2.14 bits per heavy atom. The normalized spacial score (nSPS) is 17.2. The van der Waals surface area contributed by atoms with Gasteiger partial charge in [0.05, 0.1) is 18.8 Å². The maximum atomic E-state index is 11.3. The molecule has 14 heavy (non-hydrogen) atoms. The molecule has 0 radical (unpaired) electrons. The van der Waals surface area contributed by atoms with Crippen molar-refractivity contribution in [2.75, 3.05) is 13.2 Å². The number of rotatable bonds is 6. The van der Waals surface area contributed by atoms with Crippen LogP contribution in [-0.2, 0) is 4.79 Å². The summed E-state index contributed by atoms with van der Waals surface area (Å²) in [5.74, 6) is -0.173. The zero-order valence-electron chi connectivity index (χ0n) is 8.73. The van der Waals surface area contributed by atoms with Crippen LogP contribution in [0.5, 0.6) is 0 Å². The minimum atomic E-state index is -0.914. The number of nitrogens with two attached hydrogens (primary N) is 1. The van der Waals surface area contributed by atoms with Crippen molar-refractivity contribution in [1.29, 1.82) is 0 Å². The van der Waals surface area contributed by atoms with E-state index in [0.717, 1.165) is 6.42 Å². The van der Waals surface area contributed by atoms with Crippen LogP contribution in [0.2, 0.25) is 0 Å². The molecule has 0 aliphatic rings. The van der Waals surface area contributed by atoms with Gasteiger partial charge in [0.25, 0.3) is 0 Å². The molecule has 5 N–H and O–H groups in total. The second-order valence-corrected chi connectivity index (χ2v) is 3.49. The van der Waals surface area contributed by atoms with Crippen LogP contribution in [0.4, 0.5) is 0 Å². The SMILES string of the molecule is CC[C@H](C)[C@H](N)C(=O)NCC(O)CO. The first kappa shape index (κ1) is 13.4. The Balaban J connectivity index is 3.84. The van der Waals surface area contributed by atoms with E-state index in [4.69, 9.17) is 15.9 Å². The first-order valence-electron chi connectivity index (χ1n) is 4.85. The molecular formula is C9H20N2O3. The van der Waals surface area contributed by atoms with Gasteiger partial charge < -0.3 is 21.3 Å². The molecule has 5 nitrogen and oxygen atoms in total. The van der Waals surface area contributed by atoms with Crippen LogP contribution in [0.1, 0.15) is 20.3 Å². The van der Waals surface area contributed by atoms with Crippen molar-refractivity contribution in [3.8, 4) is 0 Å². The Labute approximate surface area is 84.3 Å². The van der Waals surface area contributed by atoms with Crippen LogP contribution in [-0.4, -0.2) is 41.4 Å². The summed E-state index contributed by atoms with van der Waals surface area (Å²) in [6.07, 6.45) is -0.0833. The standard InChI is InChI=1S/C9H20N2O3/c1-3-6(2)8(10)9(14)11-4-7(13)5-12/h6-8,12-13H,3-5,10H2,1-2H3,(H,11,14)/t6-,7?,8-/m0/s1. The maximum Gasteiger partial charge on any atom is 0.237 e. The van der Waals surface area contributed by atoms with Gasteiger partial charge in [0, 0.05) is 6.54 Å². The van der Waals surface area contributed by atoms with E-state index in [1.54, 1.807) is 0 Å². The third kappa shape index (κ3) is 4.55. The fourth-order valence-electron chi connectivity index (χ4n) is 0.913. The fraction of sp³-hybridized carbons (Fsp3) is 0.889. The Kier molecular flexibility index (Phi) is 6.44. The second-order valence-electron chi connectivity index (χ2n) is 3.49. The van der Waals surface area contributed by atoms with E-state index in [2.05, 4.69) is 5.32 Å². The molecule has 0 heterocycles. The maximum absolute atomic E-state index is 11.3. The lowest BCUT2D eigenvalue weighted by Gasteiger charge is -2.18. The van der Waals surface area contributed by atoms with Crippen molar-refractivity contribution in [3.63, 3.8) is 0 Å². The molecular weight excluding hydrogens is 184 g/mol. The number of hydrogen-bond donors (Lipinski definition) is 4. The van der Waals surface area contributed by atoms with Crippen molar-refractivity contribution in [1.82, 2.24) is 5.32 Å². The summed E-state index contributed by atoms with van der Waals surface area (Å²) in [5, 5.41) is 20.0. The predicted octanol–water partition coefficient (Wildman–Crippen LogP) is -1.17. The molecule has 1 unspecified atom stereocenters. The minimum Gasteiger partial charge on any atom is -0.394 e. The van der Waals surface area contributed by atoms with Gasteiger partial charge in [0.1, 0.15) is 0 Å². The quantitative estimate of drug-likeness (QED) is 0.438. The summed E-state index contributed by atoms with van der Waals surface area (Å²) in [7, 11) is 0. The van der Waals surface area contributed by atoms with Crippen LogP contribution in [0.15, 0.2) is 0 Å². The summed E-state index contributed by atoms with van der Waals surface area (Å²) in [6.45, 7) is 3.53. The van der Waals surface area contributed by atoms with Crippen LogP contribution in [0, 0.1) is 5.92 Å². The molecule has 0 saturated heterocycles. The highest BCUT2D eigenvalue weighted by Gasteiger charge is 2.19. The first-order valence-corrected chi connectivity index (χ1v) is 4.85. The Hall–Kier alpha value is -0.650. The van der Waals surface area contributed by atoms with Gasteiger partial charge in [-0.05, 0) is 5.92 Å². The number of carbonyl (C=O) groups excluding carboxylic acids is 1. The van der Waals surface area contributed by atoms with E-state index in [1.807, 2.05) is 13.8 Å². The minimum absolute atomic E-state index is 0.0411. The Morgan fingerprint density at radius 3 is 2.57 bits per heavy atom. The summed E-state index contributed by atoms with van der Waals surface area (Å²) in [5.41, 5.74) is 5.64. The van der Waals surface area contributed by atoms with Crippen LogP contribution in [0.3, 0.4) is 0 Å². The smallest absolute Gasteiger partial charge is 0.237 e. The van der Waals surface area contributed by atoms with Crippen LogP contribution >= 0.6 is 0 Å². The fourth-order valence-corrected chi connectivity index (χ4v) is 0.913. The van der Waals surface area contributed by atoms with E-state index in [-0.39, 0.29) is 25.0 Å². The summed E-state index contributed by atoms with van der Waals surface area (Å²) < 4.78 is 0. The third-order valence-electron chi connectivity index (χ3n) is 2.28. The Morgan fingerprint density at radius 1 is 1.57 bits per heavy atom. The highest BCUT2D eigenvalue weighted by atomic mass is 16.3. The topological polar surface area (TPSA) is 95.6 Å². The number of aliphatic hydroxyl groups is 2. The molecule has 0 aliphatic carbocycles. The van der Waals surface area contributed by atoms with Crippen molar-refractivity contribution in [3.05, 3.63) is 0 Å². The summed E-state index contributed by atoms with van der Waals surface area (Å²) in [6, 6.07) is -0.550. The molecule has 0 bridgehead atoms. The van der Waals surface area contributed by atoms with Crippen LogP contribution < -0.4 is 11.1 Å². The molecule has 0 aromatic rings. The zero-order chi connectivity index (χ0) is 11.1. The average molecular weight is 204 g/mol. The summed E-state index contributed by atoms with van der Waals surface area (Å²) >= 11 is 0. The lowest BCUT2D eigenvalue weighted by atomic mass is 9.99. The predicted molar refractivity (Wildman–Crippen MR) is 53.5 cm³/mol. The third-order valence-corrected chi connectivity index (χ3v) is 2.28. The molecule has 0 aromatic carbocycles. The summed E-state index contributed by atoms with van der Waals surface area (Å²) in [4.78, 5) is 11.3. The average Bonchev–Trinajstić information content (AvgIpc) is 2.22. The van der Waals surface area contributed by atoms with Gasteiger partial charge in [-0.15, -0.1) is 0 Å². The molecule has 0 aliphatic heterocycles. The van der Waals surface area contributed by atoms with Crippen molar-refractivity contribution >= 4 is 5.91 Å². The molecule has 3 atom stereocenters. The molecule has 84 valence electrons. The number of carbonyl (C=O) groups is 1. The van der Waals surface area contributed by atoms with E-state index in [1.165, 1.54) is 0 Å². The molecule has 0 spiro atoms. The van der Waals surface area contributed by atoms with Gasteiger partial charge in [-0.2, -0.15) is 0 Å². The van der Waals surface area contributed by atoms with Gasteiger partial charge in [-0.1, -0.05) is 20.3 Å². The molecule has 0 saturated carbocycles. The number of nitrogens with one attached hydrogen (secondary N) is 1. The van der Waals surface area contributed by atoms with Gasteiger partial charge in [-0.3, -0.25) is 4.79 Å². The molecule has 5 heteroatoms.